The second-order valence-electron chi connectivity index (χ2n) is 18.9. The molecule has 4 aliphatic carbocycles. The number of rotatable bonds is 10. The molecule has 0 spiro atoms. The van der Waals surface area contributed by atoms with Gasteiger partial charge in [-0.15, -0.1) is 0 Å². The van der Waals surface area contributed by atoms with Gasteiger partial charge in [-0.25, -0.2) is 4.79 Å². The number of benzene rings is 2. The van der Waals surface area contributed by atoms with Crippen molar-refractivity contribution in [3.05, 3.63) is 153 Å². The van der Waals surface area contributed by atoms with E-state index in [0.29, 0.717) is 13.1 Å². The Morgan fingerprint density at radius 3 is 2.10 bits per heavy atom. The number of hydrogen-bond donors (Lipinski definition) is 0. The molecule has 0 bridgehead atoms. The van der Waals surface area contributed by atoms with Crippen LogP contribution in [0.4, 0.5) is 5.69 Å². The monoisotopic (exact) mass is 802 g/mol. The van der Waals surface area contributed by atoms with Crippen LogP contribution < -0.4 is 26.7 Å². The van der Waals surface area contributed by atoms with E-state index in [-0.39, 0.29) is 22.1 Å². The molecule has 2 saturated carbocycles. The molecule has 2 aromatic carbocycles. The summed E-state index contributed by atoms with van der Waals surface area (Å²) in [6, 6.07) is 9.35. The summed E-state index contributed by atoms with van der Waals surface area (Å²) in [5.74, 6) is 0. The van der Waals surface area contributed by atoms with Gasteiger partial charge in [-0.05, 0) is 159 Å². The standard InChI is InChI=1S/C55H67N3O2/c1-10-13-18-35-58-45-33-31-39-20-15-17-22-44(39)50(45)55(8,9)46(58)34-32-41-28-27-40(47(41)48-51(42-29-30-42)56(11-2)53(60)57(12-3)52(48)59)26-24-37(5)54(6,7)49-36(4)23-25-38-19-14-16-21-43(38)49/h16-17,21-26,31-34H,10-15,18-20,27-30,35H2,1-9H3/b37-24-,40-26+,41-32+,46-34+,48-47+. The molecule has 5 aliphatic rings. The minimum atomic E-state index is -0.200. The summed E-state index contributed by atoms with van der Waals surface area (Å²) in [4.78, 5) is 31.3. The zero-order valence-electron chi connectivity index (χ0n) is 38.0. The minimum absolute atomic E-state index is 0.157. The van der Waals surface area contributed by atoms with E-state index < -0.39 is 0 Å². The van der Waals surface area contributed by atoms with E-state index in [2.05, 4.69) is 126 Å². The van der Waals surface area contributed by atoms with Gasteiger partial charge in [0.25, 0.3) is 5.56 Å². The highest BCUT2D eigenvalue weighted by Gasteiger charge is 2.42. The van der Waals surface area contributed by atoms with Gasteiger partial charge in [0.15, 0.2) is 0 Å². The van der Waals surface area contributed by atoms with Crippen molar-refractivity contribution < 1.29 is 0 Å². The number of allylic oxidation sites excluding steroid dienone is 10. The Bertz CT molecular complexity index is 2690. The first-order valence-corrected chi connectivity index (χ1v) is 23.1. The van der Waals surface area contributed by atoms with Crippen LogP contribution in [0.3, 0.4) is 0 Å². The summed E-state index contributed by atoms with van der Waals surface area (Å²) >= 11 is 0. The molecular formula is C55H67N3O2. The third kappa shape index (κ3) is 7.14. The maximum atomic E-state index is 14.8. The van der Waals surface area contributed by atoms with Gasteiger partial charge < -0.3 is 4.90 Å². The predicted octanol–water partition coefficient (Wildman–Crippen LogP) is 10.8. The van der Waals surface area contributed by atoms with Crippen LogP contribution in [-0.4, -0.2) is 15.7 Å². The van der Waals surface area contributed by atoms with Crippen molar-refractivity contribution in [1.82, 2.24) is 9.13 Å². The van der Waals surface area contributed by atoms with Crippen LogP contribution in [0.5, 0.6) is 0 Å². The number of aromatic nitrogens is 2. The first-order chi connectivity index (χ1) is 28.8. The van der Waals surface area contributed by atoms with E-state index in [9.17, 15) is 9.59 Å². The Labute approximate surface area is 358 Å². The van der Waals surface area contributed by atoms with E-state index in [1.165, 1.54) is 90.0 Å². The van der Waals surface area contributed by atoms with Gasteiger partial charge in [-0.3, -0.25) is 13.9 Å². The van der Waals surface area contributed by atoms with E-state index in [4.69, 9.17) is 0 Å². The van der Waals surface area contributed by atoms with E-state index in [1.54, 1.807) is 0 Å². The van der Waals surface area contributed by atoms with Crippen molar-refractivity contribution in [3.8, 4) is 0 Å². The summed E-state index contributed by atoms with van der Waals surface area (Å²) in [5.41, 5.74) is 17.6. The largest absolute Gasteiger partial charge is 0.344 e. The van der Waals surface area contributed by atoms with Gasteiger partial charge in [-0.2, -0.15) is 0 Å². The normalized spacial score (nSPS) is 21.1. The third-order valence-electron chi connectivity index (χ3n) is 14.5. The second-order valence-corrected chi connectivity index (χ2v) is 18.9. The molecule has 3 aromatic rings. The van der Waals surface area contributed by atoms with Crippen molar-refractivity contribution >= 4 is 29.0 Å². The number of hydrogen-bond acceptors (Lipinski definition) is 3. The summed E-state index contributed by atoms with van der Waals surface area (Å²) in [6.07, 6.45) is 30.1. The molecule has 0 saturated heterocycles. The van der Waals surface area contributed by atoms with Crippen LogP contribution in [-0.2, 0) is 36.8 Å². The molecule has 0 atom stereocenters. The highest BCUT2D eigenvalue weighted by Crippen LogP contribution is 2.51. The molecular weight excluding hydrogens is 735 g/mol. The summed E-state index contributed by atoms with van der Waals surface area (Å²) in [6.45, 7) is 22.1. The zero-order chi connectivity index (χ0) is 42.5. The lowest BCUT2D eigenvalue weighted by Gasteiger charge is -2.32. The highest BCUT2D eigenvalue weighted by molar-refractivity contribution is 5.84. The quantitative estimate of drug-likeness (QED) is 0.192. The third-order valence-corrected chi connectivity index (χ3v) is 14.5. The van der Waals surface area contributed by atoms with Crippen molar-refractivity contribution in [2.24, 2.45) is 0 Å². The molecule has 0 N–H and O–H groups in total. The van der Waals surface area contributed by atoms with E-state index in [0.717, 1.165) is 80.5 Å². The fraction of sp³-hybridized carbons (Fsp3) is 0.455. The molecule has 8 rings (SSSR count). The first kappa shape index (κ1) is 41.8. The molecule has 2 fully saturated rings. The van der Waals surface area contributed by atoms with Crippen molar-refractivity contribution in [2.45, 2.75) is 157 Å². The van der Waals surface area contributed by atoms with Crippen LogP contribution in [0.15, 0.2) is 92.7 Å². The number of nitrogens with zero attached hydrogens (tertiary/aromatic N) is 3. The van der Waals surface area contributed by atoms with E-state index in [1.807, 2.05) is 18.4 Å². The van der Waals surface area contributed by atoms with Crippen molar-refractivity contribution in [1.29, 1.82) is 0 Å². The molecule has 0 unspecified atom stereocenters. The Balaban J connectivity index is 1.34. The average molecular weight is 802 g/mol. The van der Waals surface area contributed by atoms with Crippen molar-refractivity contribution in [3.63, 3.8) is 0 Å². The molecule has 60 heavy (non-hydrogen) atoms. The summed E-state index contributed by atoms with van der Waals surface area (Å²) in [7, 11) is 0. The molecule has 5 heteroatoms. The minimum Gasteiger partial charge on any atom is -0.344 e. The van der Waals surface area contributed by atoms with Gasteiger partial charge in [-0.1, -0.05) is 114 Å². The Kier molecular flexibility index (Phi) is 11.5. The van der Waals surface area contributed by atoms with Gasteiger partial charge in [0.1, 0.15) is 0 Å². The predicted molar refractivity (Wildman–Crippen MR) is 254 cm³/mol. The molecule has 2 heterocycles. The van der Waals surface area contributed by atoms with Crippen molar-refractivity contribution in [2.75, 3.05) is 11.4 Å². The first-order valence-electron chi connectivity index (χ1n) is 23.1. The number of anilines is 1. The highest BCUT2D eigenvalue weighted by atomic mass is 16.2. The maximum absolute atomic E-state index is 14.8. The summed E-state index contributed by atoms with van der Waals surface area (Å²) < 4.78 is 3.34. The van der Waals surface area contributed by atoms with Gasteiger partial charge in [0, 0.05) is 41.8 Å². The Morgan fingerprint density at radius 1 is 0.783 bits per heavy atom. The number of aryl methyl sites for hydroxylation is 3. The fourth-order valence-electron chi connectivity index (χ4n) is 10.8. The van der Waals surface area contributed by atoms with Crippen LogP contribution in [0.25, 0.3) is 23.3 Å². The topological polar surface area (TPSA) is 47.2 Å². The van der Waals surface area contributed by atoms with Gasteiger partial charge >= 0.3 is 5.69 Å². The van der Waals surface area contributed by atoms with E-state index >= 15 is 0 Å². The fourth-order valence-corrected chi connectivity index (χ4v) is 10.8. The maximum Gasteiger partial charge on any atom is 0.331 e. The van der Waals surface area contributed by atoms with Gasteiger partial charge in [0.05, 0.1) is 10.6 Å². The van der Waals surface area contributed by atoms with Crippen LogP contribution >= 0.6 is 0 Å². The zero-order valence-corrected chi connectivity index (χ0v) is 38.0. The average Bonchev–Trinajstić information content (AvgIpc) is 3.96. The number of unbranched alkanes of at least 4 members (excludes halogenated alkanes) is 2. The smallest absolute Gasteiger partial charge is 0.331 e. The Hall–Kier alpha value is -4.90. The Morgan fingerprint density at radius 2 is 1.43 bits per heavy atom. The summed E-state index contributed by atoms with van der Waals surface area (Å²) in [5, 5.41) is 1.58. The molecule has 0 amide bonds. The SMILES string of the molecule is CCCCCN1/C(=C/C=C2\CCC(=C/C=C(/C)C(C)(C)c3c(C)ccc4c3C=CCC4)\C2=c2/c(=O)n(CC)c(=O)n(CC)c2=C2CC2)C(C)(C)c2c1ccc1c2C=CCC1. The lowest BCUT2D eigenvalue weighted by Crippen LogP contribution is -2.59. The number of fused-ring (bicyclic) bond motifs is 4. The van der Waals surface area contributed by atoms with Crippen LogP contribution in [0, 0.1) is 6.92 Å². The molecule has 5 nitrogen and oxygen atoms in total. The van der Waals surface area contributed by atoms with Crippen LogP contribution in [0.1, 0.15) is 152 Å². The second kappa shape index (κ2) is 16.5. The lowest BCUT2D eigenvalue weighted by atomic mass is 9.72. The molecule has 1 aliphatic heterocycles. The lowest BCUT2D eigenvalue weighted by molar-refractivity contribution is 0.567. The van der Waals surface area contributed by atoms with Crippen LogP contribution in [0.2, 0.25) is 0 Å². The molecule has 0 radical (unpaired) electrons. The molecule has 1 aromatic heterocycles. The molecule has 314 valence electrons. The van der Waals surface area contributed by atoms with Gasteiger partial charge in [0.2, 0.25) is 0 Å².